The molecule has 0 aliphatic rings. The smallest absolute Gasteiger partial charge is 0.377 e. The molecule has 2 heterocycles. The topological polar surface area (TPSA) is 77.4 Å². The maximum Gasteiger partial charge on any atom is 0.418 e. The van der Waals surface area contributed by atoms with Crippen LogP contribution >= 0.6 is 11.3 Å². The second kappa shape index (κ2) is 6.33. The van der Waals surface area contributed by atoms with Crippen LogP contribution < -0.4 is 5.32 Å². The SMILES string of the molecule is N#Cc1ccc(NCc2nc(-c3cccs3)n[nH]2)c(C(F)(F)F)c1. The molecule has 2 aromatic heterocycles. The molecule has 0 spiro atoms. The number of halogens is 3. The van der Waals surface area contributed by atoms with Crippen LogP contribution in [0.15, 0.2) is 35.7 Å². The van der Waals surface area contributed by atoms with Crippen molar-refractivity contribution in [2.75, 3.05) is 5.32 Å². The minimum Gasteiger partial charge on any atom is -0.377 e. The van der Waals surface area contributed by atoms with Crippen LogP contribution in [0.2, 0.25) is 0 Å². The summed E-state index contributed by atoms with van der Waals surface area (Å²) in [6.45, 7) is 0.0490. The lowest BCUT2D eigenvalue weighted by Crippen LogP contribution is -2.11. The van der Waals surface area contributed by atoms with E-state index >= 15 is 0 Å². The van der Waals surface area contributed by atoms with Gasteiger partial charge in [-0.3, -0.25) is 5.10 Å². The summed E-state index contributed by atoms with van der Waals surface area (Å²) >= 11 is 1.47. The van der Waals surface area contributed by atoms with Gasteiger partial charge in [0.05, 0.1) is 28.6 Å². The number of nitriles is 1. The van der Waals surface area contributed by atoms with Gasteiger partial charge in [-0.1, -0.05) is 6.07 Å². The van der Waals surface area contributed by atoms with Crippen molar-refractivity contribution in [3.05, 3.63) is 52.7 Å². The Balaban J connectivity index is 1.79. The first-order chi connectivity index (χ1) is 11.5. The minimum atomic E-state index is -4.56. The molecule has 24 heavy (non-hydrogen) atoms. The summed E-state index contributed by atoms with van der Waals surface area (Å²) in [6, 6.07) is 8.80. The molecular formula is C15H10F3N5S. The average Bonchev–Trinajstić information content (AvgIpc) is 3.23. The van der Waals surface area contributed by atoms with Gasteiger partial charge in [-0.15, -0.1) is 11.3 Å². The Morgan fingerprint density at radius 2 is 2.12 bits per heavy atom. The molecule has 0 saturated carbocycles. The molecule has 3 aromatic rings. The number of H-pyrrole nitrogens is 1. The van der Waals surface area contributed by atoms with Crippen molar-refractivity contribution in [1.29, 1.82) is 5.26 Å². The first kappa shape index (κ1) is 16.0. The molecule has 0 bridgehead atoms. The summed E-state index contributed by atoms with van der Waals surface area (Å²) in [7, 11) is 0. The molecule has 1 aromatic carbocycles. The molecule has 0 fully saturated rings. The fourth-order valence-electron chi connectivity index (χ4n) is 2.07. The van der Waals surface area contributed by atoms with E-state index in [1.54, 1.807) is 6.07 Å². The Morgan fingerprint density at radius 1 is 1.29 bits per heavy atom. The first-order valence-electron chi connectivity index (χ1n) is 6.78. The van der Waals surface area contributed by atoms with Gasteiger partial charge in [-0.05, 0) is 29.6 Å². The summed E-state index contributed by atoms with van der Waals surface area (Å²) in [6.07, 6.45) is -4.56. The molecule has 0 radical (unpaired) electrons. The number of alkyl halides is 3. The maximum absolute atomic E-state index is 13.1. The van der Waals surface area contributed by atoms with Gasteiger partial charge in [0, 0.05) is 5.69 Å². The number of hydrogen-bond acceptors (Lipinski definition) is 5. The normalized spacial score (nSPS) is 11.2. The summed E-state index contributed by atoms with van der Waals surface area (Å²) in [4.78, 5) is 5.11. The van der Waals surface area contributed by atoms with Gasteiger partial charge >= 0.3 is 6.18 Å². The number of nitrogens with zero attached hydrogens (tertiary/aromatic N) is 3. The van der Waals surface area contributed by atoms with Crippen LogP contribution in [0.5, 0.6) is 0 Å². The third kappa shape index (κ3) is 3.38. The van der Waals surface area contributed by atoms with E-state index in [0.717, 1.165) is 10.9 Å². The van der Waals surface area contributed by atoms with Crippen LogP contribution in [-0.2, 0) is 12.7 Å². The van der Waals surface area contributed by atoms with E-state index in [0.29, 0.717) is 11.6 Å². The van der Waals surface area contributed by atoms with E-state index in [2.05, 4.69) is 20.5 Å². The van der Waals surface area contributed by atoms with Gasteiger partial charge in [0.1, 0.15) is 5.82 Å². The summed E-state index contributed by atoms with van der Waals surface area (Å²) in [5.41, 5.74) is -1.05. The Kier molecular flexibility index (Phi) is 4.22. The zero-order chi connectivity index (χ0) is 17.2. The van der Waals surface area contributed by atoms with Crippen molar-refractivity contribution >= 4 is 17.0 Å². The predicted molar refractivity (Wildman–Crippen MR) is 83.2 cm³/mol. The number of aromatic amines is 1. The third-order valence-corrected chi connectivity index (χ3v) is 4.04. The molecule has 0 atom stereocenters. The highest BCUT2D eigenvalue weighted by Gasteiger charge is 2.33. The fourth-order valence-corrected chi connectivity index (χ4v) is 2.73. The van der Waals surface area contributed by atoms with Gasteiger partial charge in [0.2, 0.25) is 0 Å². The standard InChI is InChI=1S/C15H10F3N5S/c16-15(17,18)10-6-9(7-19)3-4-11(10)20-8-13-21-14(23-22-13)12-2-1-5-24-12/h1-6,20H,8H2,(H,21,22,23). The zero-order valence-corrected chi connectivity index (χ0v) is 12.9. The van der Waals surface area contributed by atoms with Crippen LogP contribution in [0.3, 0.4) is 0 Å². The molecule has 0 amide bonds. The number of rotatable bonds is 4. The molecular weight excluding hydrogens is 339 g/mol. The number of aromatic nitrogens is 3. The lowest BCUT2D eigenvalue weighted by molar-refractivity contribution is -0.137. The van der Waals surface area contributed by atoms with E-state index in [9.17, 15) is 13.2 Å². The van der Waals surface area contributed by atoms with Crippen LogP contribution in [0.4, 0.5) is 18.9 Å². The van der Waals surface area contributed by atoms with Crippen LogP contribution in [0.1, 0.15) is 17.0 Å². The molecule has 2 N–H and O–H groups in total. The quantitative estimate of drug-likeness (QED) is 0.745. The van der Waals surface area contributed by atoms with E-state index in [4.69, 9.17) is 5.26 Å². The molecule has 122 valence electrons. The van der Waals surface area contributed by atoms with Crippen molar-refractivity contribution in [3.63, 3.8) is 0 Å². The molecule has 3 rings (SSSR count). The molecule has 0 aliphatic heterocycles. The van der Waals surface area contributed by atoms with Gasteiger partial charge in [-0.25, -0.2) is 4.98 Å². The first-order valence-corrected chi connectivity index (χ1v) is 7.65. The Bertz CT molecular complexity index is 877. The predicted octanol–water partition coefficient (Wildman–Crippen LogP) is 4.04. The Labute approximate surface area is 138 Å². The van der Waals surface area contributed by atoms with Gasteiger partial charge in [0.25, 0.3) is 0 Å². The van der Waals surface area contributed by atoms with Crippen molar-refractivity contribution < 1.29 is 13.2 Å². The van der Waals surface area contributed by atoms with E-state index in [-0.39, 0.29) is 17.8 Å². The van der Waals surface area contributed by atoms with Crippen LogP contribution in [0.25, 0.3) is 10.7 Å². The van der Waals surface area contributed by atoms with E-state index in [1.807, 2.05) is 17.5 Å². The third-order valence-electron chi connectivity index (χ3n) is 3.17. The zero-order valence-electron chi connectivity index (χ0n) is 12.1. The largest absolute Gasteiger partial charge is 0.418 e. The lowest BCUT2D eigenvalue weighted by atomic mass is 10.1. The number of nitrogens with one attached hydrogen (secondary N) is 2. The summed E-state index contributed by atoms with van der Waals surface area (Å²) in [5.74, 6) is 0.911. The summed E-state index contributed by atoms with van der Waals surface area (Å²) in [5, 5.41) is 20.1. The number of benzene rings is 1. The number of hydrogen-bond donors (Lipinski definition) is 2. The minimum absolute atomic E-state index is 0.0486. The molecule has 9 heteroatoms. The van der Waals surface area contributed by atoms with Crippen molar-refractivity contribution in [3.8, 4) is 16.8 Å². The van der Waals surface area contributed by atoms with Crippen molar-refractivity contribution in [1.82, 2.24) is 15.2 Å². The second-order valence-electron chi connectivity index (χ2n) is 4.81. The lowest BCUT2D eigenvalue weighted by Gasteiger charge is -2.14. The summed E-state index contributed by atoms with van der Waals surface area (Å²) < 4.78 is 39.3. The average molecular weight is 349 g/mol. The Hall–Kier alpha value is -2.86. The van der Waals surface area contributed by atoms with Crippen molar-refractivity contribution in [2.24, 2.45) is 0 Å². The van der Waals surface area contributed by atoms with E-state index < -0.39 is 11.7 Å². The highest BCUT2D eigenvalue weighted by molar-refractivity contribution is 7.13. The Morgan fingerprint density at radius 3 is 2.79 bits per heavy atom. The highest BCUT2D eigenvalue weighted by atomic mass is 32.1. The highest BCUT2D eigenvalue weighted by Crippen LogP contribution is 2.35. The van der Waals surface area contributed by atoms with Gasteiger partial charge in [-0.2, -0.15) is 23.5 Å². The van der Waals surface area contributed by atoms with Gasteiger partial charge in [0.15, 0.2) is 5.82 Å². The maximum atomic E-state index is 13.1. The van der Waals surface area contributed by atoms with Crippen LogP contribution in [-0.4, -0.2) is 15.2 Å². The number of thiophene rings is 1. The van der Waals surface area contributed by atoms with Gasteiger partial charge < -0.3 is 5.32 Å². The van der Waals surface area contributed by atoms with Crippen molar-refractivity contribution in [2.45, 2.75) is 12.7 Å². The molecule has 0 unspecified atom stereocenters. The molecule has 0 aliphatic carbocycles. The molecule has 0 saturated heterocycles. The monoisotopic (exact) mass is 349 g/mol. The molecule has 5 nitrogen and oxygen atoms in total. The second-order valence-corrected chi connectivity index (χ2v) is 5.75. The number of anilines is 1. The van der Waals surface area contributed by atoms with Crippen LogP contribution in [0, 0.1) is 11.3 Å². The fraction of sp³-hybridized carbons (Fsp3) is 0.133. The van der Waals surface area contributed by atoms with E-state index in [1.165, 1.54) is 23.5 Å².